The number of likely N-dealkylation sites (tertiary alicyclic amines) is 1. The van der Waals surface area contributed by atoms with Gasteiger partial charge < -0.3 is 15.5 Å². The molecule has 4 heterocycles. The summed E-state index contributed by atoms with van der Waals surface area (Å²) in [5.74, 6) is -0.931. The first-order chi connectivity index (χ1) is 13.9. The Morgan fingerprint density at radius 3 is 2.93 bits per heavy atom. The molecular formula is C20H23FN6O2. The van der Waals surface area contributed by atoms with Crippen molar-refractivity contribution in [3.05, 3.63) is 42.0 Å². The molecule has 2 aromatic heterocycles. The van der Waals surface area contributed by atoms with Gasteiger partial charge in [-0.2, -0.15) is 5.10 Å². The summed E-state index contributed by atoms with van der Waals surface area (Å²) in [6.45, 7) is 6.10. The standard InChI is InChI=1S/C20H23FN6O2/c1-4-15(28)27-10-13(6-5-11(27)2)24-19-17(21)14-8-22-20(29)16(14)18(25-19)12-7-23-26(3)9-12/h4,7,9,11,13H,1,5-6,8,10H2,2-3H3,(H,22,29)(H,24,25)/t11-,13+/m1/s1. The van der Waals surface area contributed by atoms with E-state index >= 15 is 4.39 Å². The number of hydrogen-bond donors (Lipinski definition) is 2. The average Bonchev–Trinajstić information content (AvgIpc) is 3.31. The molecule has 0 aromatic carbocycles. The number of rotatable bonds is 4. The normalized spacial score (nSPS) is 20.9. The molecule has 2 amide bonds. The molecule has 4 rings (SSSR count). The fourth-order valence-electron chi connectivity index (χ4n) is 3.97. The lowest BCUT2D eigenvalue weighted by Gasteiger charge is -2.38. The first-order valence-corrected chi connectivity index (χ1v) is 9.58. The summed E-state index contributed by atoms with van der Waals surface area (Å²) in [6, 6.07) is -0.0499. The van der Waals surface area contributed by atoms with Crippen molar-refractivity contribution < 1.29 is 14.0 Å². The molecule has 2 atom stereocenters. The van der Waals surface area contributed by atoms with Crippen molar-refractivity contribution in [1.29, 1.82) is 0 Å². The van der Waals surface area contributed by atoms with Crippen molar-refractivity contribution in [3.63, 3.8) is 0 Å². The molecule has 29 heavy (non-hydrogen) atoms. The number of pyridine rings is 1. The molecule has 2 aliphatic rings. The van der Waals surface area contributed by atoms with E-state index in [9.17, 15) is 9.59 Å². The number of carbonyl (C=O) groups is 2. The summed E-state index contributed by atoms with van der Waals surface area (Å²) in [4.78, 5) is 30.6. The highest BCUT2D eigenvalue weighted by Gasteiger charge is 2.33. The zero-order valence-electron chi connectivity index (χ0n) is 16.4. The predicted octanol–water partition coefficient (Wildman–Crippen LogP) is 1.84. The van der Waals surface area contributed by atoms with Crippen LogP contribution in [-0.2, 0) is 18.4 Å². The first kappa shape index (κ1) is 19.1. The molecule has 1 saturated heterocycles. The Bertz CT molecular complexity index is 1000. The SMILES string of the molecule is C=CC(=O)N1C[C@@H](Nc2nc(-c3cnn(C)c3)c3c(c2F)CNC3=O)CC[C@H]1C. The first-order valence-electron chi connectivity index (χ1n) is 9.58. The number of aryl methyl sites for hydroxylation is 1. The lowest BCUT2D eigenvalue weighted by atomic mass is 9.98. The minimum absolute atomic E-state index is 0.0876. The van der Waals surface area contributed by atoms with Crippen LogP contribution in [0, 0.1) is 5.82 Å². The summed E-state index contributed by atoms with van der Waals surface area (Å²) in [7, 11) is 1.76. The monoisotopic (exact) mass is 398 g/mol. The topological polar surface area (TPSA) is 92.2 Å². The van der Waals surface area contributed by atoms with Crippen LogP contribution in [0.15, 0.2) is 25.0 Å². The molecule has 9 heteroatoms. The third kappa shape index (κ3) is 3.37. The Morgan fingerprint density at radius 1 is 1.45 bits per heavy atom. The second-order valence-corrected chi connectivity index (χ2v) is 7.52. The fraction of sp³-hybridized carbons (Fsp3) is 0.400. The number of piperidine rings is 1. The van der Waals surface area contributed by atoms with Gasteiger partial charge in [0.1, 0.15) is 0 Å². The van der Waals surface area contributed by atoms with Crippen LogP contribution < -0.4 is 10.6 Å². The van der Waals surface area contributed by atoms with Crippen molar-refractivity contribution in [2.75, 3.05) is 11.9 Å². The number of amides is 2. The number of carbonyl (C=O) groups excluding carboxylic acids is 2. The van der Waals surface area contributed by atoms with Gasteiger partial charge >= 0.3 is 0 Å². The maximum atomic E-state index is 15.2. The second kappa shape index (κ2) is 7.31. The van der Waals surface area contributed by atoms with Crippen LogP contribution in [0.25, 0.3) is 11.3 Å². The number of anilines is 1. The molecule has 1 fully saturated rings. The molecule has 0 bridgehead atoms. The summed E-state index contributed by atoms with van der Waals surface area (Å²) >= 11 is 0. The van der Waals surface area contributed by atoms with Gasteiger partial charge in [0.15, 0.2) is 11.6 Å². The molecular weight excluding hydrogens is 375 g/mol. The van der Waals surface area contributed by atoms with Gasteiger partial charge in [-0.25, -0.2) is 9.37 Å². The molecule has 0 radical (unpaired) electrons. The zero-order valence-corrected chi connectivity index (χ0v) is 16.4. The van der Waals surface area contributed by atoms with Gasteiger partial charge in [-0.05, 0) is 25.8 Å². The van der Waals surface area contributed by atoms with E-state index in [4.69, 9.17) is 0 Å². The minimum atomic E-state index is -0.536. The Hall–Kier alpha value is -3.23. The largest absolute Gasteiger partial charge is 0.363 e. The van der Waals surface area contributed by atoms with Crippen molar-refractivity contribution in [3.8, 4) is 11.3 Å². The maximum Gasteiger partial charge on any atom is 0.254 e. The van der Waals surface area contributed by atoms with E-state index in [0.717, 1.165) is 12.8 Å². The molecule has 2 N–H and O–H groups in total. The Kier molecular flexibility index (Phi) is 4.81. The number of aromatic nitrogens is 3. The number of nitrogens with one attached hydrogen (secondary N) is 2. The third-order valence-electron chi connectivity index (χ3n) is 5.55. The van der Waals surface area contributed by atoms with E-state index in [2.05, 4.69) is 27.3 Å². The van der Waals surface area contributed by atoms with E-state index in [1.807, 2.05) is 6.92 Å². The van der Waals surface area contributed by atoms with Crippen LogP contribution in [0.2, 0.25) is 0 Å². The van der Waals surface area contributed by atoms with Crippen LogP contribution >= 0.6 is 0 Å². The van der Waals surface area contributed by atoms with Crippen molar-refractivity contribution in [2.24, 2.45) is 7.05 Å². The number of fused-ring (bicyclic) bond motifs is 1. The Balaban J connectivity index is 1.69. The van der Waals surface area contributed by atoms with E-state index in [1.165, 1.54) is 6.08 Å². The molecule has 2 aliphatic heterocycles. The Morgan fingerprint density at radius 2 is 2.24 bits per heavy atom. The predicted molar refractivity (Wildman–Crippen MR) is 106 cm³/mol. The molecule has 0 unspecified atom stereocenters. The fourth-order valence-corrected chi connectivity index (χ4v) is 3.97. The Labute approximate surface area is 167 Å². The molecule has 152 valence electrons. The van der Waals surface area contributed by atoms with Gasteiger partial charge in [-0.3, -0.25) is 14.3 Å². The number of hydrogen-bond acceptors (Lipinski definition) is 5. The highest BCUT2D eigenvalue weighted by atomic mass is 19.1. The van der Waals surface area contributed by atoms with Crippen molar-refractivity contribution in [1.82, 2.24) is 25.0 Å². The quantitative estimate of drug-likeness (QED) is 0.767. The second-order valence-electron chi connectivity index (χ2n) is 7.52. The van der Waals surface area contributed by atoms with E-state index in [1.54, 1.807) is 29.0 Å². The lowest BCUT2D eigenvalue weighted by molar-refractivity contribution is -0.129. The zero-order chi connectivity index (χ0) is 20.7. The lowest BCUT2D eigenvalue weighted by Crippen LogP contribution is -2.49. The van der Waals surface area contributed by atoms with Crippen molar-refractivity contribution >= 4 is 17.6 Å². The number of halogens is 1. The summed E-state index contributed by atoms with van der Waals surface area (Å²) in [5, 5.41) is 9.97. The maximum absolute atomic E-state index is 15.2. The van der Waals surface area contributed by atoms with Gasteiger partial charge in [-0.15, -0.1) is 0 Å². The summed E-state index contributed by atoms with van der Waals surface area (Å²) in [5.41, 5.74) is 1.59. The van der Waals surface area contributed by atoms with Crippen LogP contribution in [0.5, 0.6) is 0 Å². The average molecular weight is 398 g/mol. The molecule has 0 saturated carbocycles. The molecule has 0 spiro atoms. The highest BCUT2D eigenvalue weighted by molar-refractivity contribution is 6.04. The molecule has 8 nitrogen and oxygen atoms in total. The van der Waals surface area contributed by atoms with Crippen LogP contribution in [0.1, 0.15) is 35.7 Å². The van der Waals surface area contributed by atoms with Gasteiger partial charge in [0, 0.05) is 49.5 Å². The van der Waals surface area contributed by atoms with E-state index < -0.39 is 5.82 Å². The third-order valence-corrected chi connectivity index (χ3v) is 5.55. The van der Waals surface area contributed by atoms with Crippen molar-refractivity contribution in [2.45, 2.75) is 38.4 Å². The summed E-state index contributed by atoms with van der Waals surface area (Å²) < 4.78 is 16.8. The minimum Gasteiger partial charge on any atom is -0.363 e. The summed E-state index contributed by atoms with van der Waals surface area (Å²) in [6.07, 6.45) is 6.20. The van der Waals surface area contributed by atoms with Crippen LogP contribution in [-0.4, -0.2) is 50.1 Å². The molecule has 0 aliphatic carbocycles. The highest BCUT2D eigenvalue weighted by Crippen LogP contribution is 2.33. The van der Waals surface area contributed by atoms with Crippen LogP contribution in [0.4, 0.5) is 10.2 Å². The van der Waals surface area contributed by atoms with E-state index in [0.29, 0.717) is 23.4 Å². The van der Waals surface area contributed by atoms with Gasteiger partial charge in [-0.1, -0.05) is 6.58 Å². The smallest absolute Gasteiger partial charge is 0.254 e. The van der Waals surface area contributed by atoms with Gasteiger partial charge in [0.05, 0.1) is 17.5 Å². The van der Waals surface area contributed by atoms with Gasteiger partial charge in [0.25, 0.3) is 5.91 Å². The van der Waals surface area contributed by atoms with Gasteiger partial charge in [0.2, 0.25) is 5.91 Å². The van der Waals surface area contributed by atoms with Crippen LogP contribution in [0.3, 0.4) is 0 Å². The number of nitrogens with zero attached hydrogens (tertiary/aromatic N) is 4. The van der Waals surface area contributed by atoms with E-state index in [-0.39, 0.29) is 41.8 Å². The molecule has 2 aromatic rings.